The second-order valence-corrected chi connectivity index (χ2v) is 10.7. The quantitative estimate of drug-likeness (QED) is 0.689. The first-order chi connectivity index (χ1) is 16.3. The summed E-state index contributed by atoms with van der Waals surface area (Å²) in [6, 6.07) is 8.23. The van der Waals surface area contributed by atoms with Gasteiger partial charge < -0.3 is 19.9 Å². The Hall–Kier alpha value is -2.86. The highest BCUT2D eigenvalue weighted by Gasteiger charge is 2.48. The lowest BCUT2D eigenvalue weighted by Gasteiger charge is -2.35. The van der Waals surface area contributed by atoms with E-state index in [1.54, 1.807) is 13.2 Å². The van der Waals surface area contributed by atoms with Gasteiger partial charge in [-0.15, -0.1) is 0 Å². The van der Waals surface area contributed by atoms with Crippen LogP contribution in [0.3, 0.4) is 0 Å². The number of likely N-dealkylation sites (tertiary alicyclic amines) is 1. The average molecular weight is 462 g/mol. The number of benzene rings is 1. The number of carbonyl (C=O) groups is 2. The van der Waals surface area contributed by atoms with Crippen LogP contribution in [0, 0.1) is 17.3 Å². The Morgan fingerprint density at radius 3 is 2.65 bits per heavy atom. The number of piperidine rings is 1. The molecule has 2 aromatic rings. The zero-order chi connectivity index (χ0) is 24.0. The number of methoxy groups -OCH3 is 1. The molecule has 0 spiro atoms. The SMILES string of the molecule is COC1=CC=C2C(=O)C(C)(C)CC2C1CCN1CCC(n2ccc3ccc(C(N)=O)cc32)CC1. The van der Waals surface area contributed by atoms with Crippen LogP contribution in [0.25, 0.3) is 10.9 Å². The fourth-order valence-electron chi connectivity index (χ4n) is 6.29. The van der Waals surface area contributed by atoms with E-state index in [2.05, 4.69) is 35.6 Å². The fourth-order valence-corrected chi connectivity index (χ4v) is 6.29. The van der Waals surface area contributed by atoms with Crippen LogP contribution in [0.4, 0.5) is 0 Å². The lowest BCUT2D eigenvalue weighted by atomic mass is 9.79. The molecule has 0 bridgehead atoms. The van der Waals surface area contributed by atoms with Crippen LogP contribution >= 0.6 is 0 Å². The Morgan fingerprint density at radius 1 is 1.18 bits per heavy atom. The molecule has 1 aromatic heterocycles. The van der Waals surface area contributed by atoms with Gasteiger partial charge >= 0.3 is 0 Å². The van der Waals surface area contributed by atoms with Crippen molar-refractivity contribution >= 4 is 22.6 Å². The van der Waals surface area contributed by atoms with Gasteiger partial charge in [-0.3, -0.25) is 9.59 Å². The molecule has 6 heteroatoms. The number of nitrogens with zero attached hydrogens (tertiary/aromatic N) is 2. The number of hydrogen-bond donors (Lipinski definition) is 1. The molecule has 180 valence electrons. The highest BCUT2D eigenvalue weighted by molar-refractivity contribution is 6.03. The third kappa shape index (κ3) is 3.98. The van der Waals surface area contributed by atoms with Gasteiger partial charge in [0.05, 0.1) is 12.9 Å². The minimum atomic E-state index is -0.387. The van der Waals surface area contributed by atoms with Crippen LogP contribution in [-0.2, 0) is 9.53 Å². The number of ether oxygens (including phenoxy) is 1. The third-order valence-electron chi connectivity index (χ3n) is 8.24. The molecule has 5 rings (SSSR count). The summed E-state index contributed by atoms with van der Waals surface area (Å²) in [6.45, 7) is 7.22. The van der Waals surface area contributed by atoms with Crippen LogP contribution in [0.15, 0.2) is 53.9 Å². The first kappa shape index (κ1) is 22.9. The van der Waals surface area contributed by atoms with E-state index in [1.165, 1.54) is 0 Å². The Kier molecular flexibility index (Phi) is 5.88. The van der Waals surface area contributed by atoms with Crippen molar-refractivity contribution in [3.63, 3.8) is 0 Å². The molecule has 2 N–H and O–H groups in total. The van der Waals surface area contributed by atoms with Gasteiger partial charge in [-0.2, -0.15) is 0 Å². The number of rotatable bonds is 6. The smallest absolute Gasteiger partial charge is 0.248 e. The Labute approximate surface area is 201 Å². The number of aromatic nitrogens is 1. The first-order valence-electron chi connectivity index (χ1n) is 12.4. The molecule has 1 saturated carbocycles. The Bertz CT molecular complexity index is 1180. The minimum Gasteiger partial charge on any atom is -0.501 e. The molecule has 6 nitrogen and oxygen atoms in total. The number of hydrogen-bond acceptors (Lipinski definition) is 4. The number of nitrogens with two attached hydrogens (primary N) is 1. The van der Waals surface area contributed by atoms with E-state index in [1.807, 2.05) is 24.3 Å². The van der Waals surface area contributed by atoms with E-state index in [4.69, 9.17) is 10.5 Å². The largest absolute Gasteiger partial charge is 0.501 e. The molecule has 2 unspecified atom stereocenters. The van der Waals surface area contributed by atoms with Crippen LogP contribution in [0.1, 0.15) is 55.9 Å². The van der Waals surface area contributed by atoms with E-state index >= 15 is 0 Å². The van der Waals surface area contributed by atoms with Crippen molar-refractivity contribution in [3.05, 3.63) is 59.5 Å². The standard InChI is InChI=1S/C28H35N3O3/c1-28(2)17-23-21(25(34-3)7-6-22(23)26(28)32)11-14-30-12-9-20(10-13-30)31-15-8-18-4-5-19(27(29)33)16-24(18)31/h4-8,15-16,20-21,23H,9-14,17H2,1-3H3,(H2,29,33). The summed E-state index contributed by atoms with van der Waals surface area (Å²) in [6.07, 6.45) is 10.2. The van der Waals surface area contributed by atoms with Crippen molar-refractivity contribution in [2.45, 2.75) is 45.6 Å². The number of carbonyl (C=O) groups excluding carboxylic acids is 2. The number of amides is 1. The molecule has 2 aliphatic carbocycles. The summed E-state index contributed by atoms with van der Waals surface area (Å²) in [5.74, 6) is 1.47. The number of fused-ring (bicyclic) bond motifs is 2. The normalized spacial score (nSPS) is 25.2. The summed E-state index contributed by atoms with van der Waals surface area (Å²) < 4.78 is 8.05. The number of allylic oxidation sites excluding steroid dienone is 4. The van der Waals surface area contributed by atoms with E-state index in [0.29, 0.717) is 17.4 Å². The molecule has 1 amide bonds. The van der Waals surface area contributed by atoms with Gasteiger partial charge in [-0.1, -0.05) is 26.0 Å². The molecule has 2 heterocycles. The Balaban J connectivity index is 1.23. The maximum atomic E-state index is 12.8. The lowest BCUT2D eigenvalue weighted by molar-refractivity contribution is -0.121. The third-order valence-corrected chi connectivity index (χ3v) is 8.24. The highest BCUT2D eigenvalue weighted by Crippen LogP contribution is 2.49. The predicted octanol–water partition coefficient (Wildman–Crippen LogP) is 4.47. The molecule has 1 saturated heterocycles. The molecular formula is C28H35N3O3. The summed E-state index contributed by atoms with van der Waals surface area (Å²) in [5.41, 5.74) is 7.85. The number of ketones is 1. The first-order valence-corrected chi connectivity index (χ1v) is 12.4. The summed E-state index contributed by atoms with van der Waals surface area (Å²) in [5, 5.41) is 1.14. The highest BCUT2D eigenvalue weighted by atomic mass is 16.5. The predicted molar refractivity (Wildman–Crippen MR) is 133 cm³/mol. The zero-order valence-electron chi connectivity index (χ0n) is 20.4. The van der Waals surface area contributed by atoms with E-state index in [-0.39, 0.29) is 23.2 Å². The van der Waals surface area contributed by atoms with Crippen LogP contribution in [-0.4, -0.2) is 47.9 Å². The average Bonchev–Trinajstić information content (AvgIpc) is 3.35. The van der Waals surface area contributed by atoms with Gasteiger partial charge in [-0.25, -0.2) is 0 Å². The van der Waals surface area contributed by atoms with Gasteiger partial charge in [0, 0.05) is 47.7 Å². The van der Waals surface area contributed by atoms with E-state index in [9.17, 15) is 9.59 Å². The van der Waals surface area contributed by atoms with Crippen LogP contribution < -0.4 is 5.73 Å². The van der Waals surface area contributed by atoms with Gasteiger partial charge in [-0.05, 0) is 73.4 Å². The van der Waals surface area contributed by atoms with Gasteiger partial charge in [0.1, 0.15) is 0 Å². The maximum absolute atomic E-state index is 12.8. The zero-order valence-corrected chi connectivity index (χ0v) is 20.4. The maximum Gasteiger partial charge on any atom is 0.248 e. The summed E-state index contributed by atoms with van der Waals surface area (Å²) in [4.78, 5) is 27.0. The molecule has 2 fully saturated rings. The van der Waals surface area contributed by atoms with Crippen molar-refractivity contribution in [2.75, 3.05) is 26.7 Å². The van der Waals surface area contributed by atoms with Gasteiger partial charge in [0.15, 0.2) is 5.78 Å². The topological polar surface area (TPSA) is 77.6 Å². The van der Waals surface area contributed by atoms with Crippen molar-refractivity contribution in [1.82, 2.24) is 9.47 Å². The molecule has 2 atom stereocenters. The minimum absolute atomic E-state index is 0.269. The molecule has 0 radical (unpaired) electrons. The lowest BCUT2D eigenvalue weighted by Crippen LogP contribution is -2.36. The molecule has 1 aromatic carbocycles. The number of primary amides is 1. The summed E-state index contributed by atoms with van der Waals surface area (Å²) in [7, 11) is 1.75. The Morgan fingerprint density at radius 2 is 1.94 bits per heavy atom. The fraction of sp³-hybridized carbons (Fsp3) is 0.500. The van der Waals surface area contributed by atoms with Crippen molar-refractivity contribution in [1.29, 1.82) is 0 Å². The van der Waals surface area contributed by atoms with E-state index < -0.39 is 0 Å². The van der Waals surface area contributed by atoms with Crippen LogP contribution in [0.2, 0.25) is 0 Å². The molecule has 3 aliphatic rings. The summed E-state index contributed by atoms with van der Waals surface area (Å²) >= 11 is 0. The van der Waals surface area contributed by atoms with Crippen LogP contribution in [0.5, 0.6) is 0 Å². The molecular weight excluding hydrogens is 426 g/mol. The van der Waals surface area contributed by atoms with Crippen molar-refractivity contribution in [3.8, 4) is 0 Å². The van der Waals surface area contributed by atoms with Crippen molar-refractivity contribution in [2.24, 2.45) is 23.0 Å². The van der Waals surface area contributed by atoms with Crippen molar-refractivity contribution < 1.29 is 14.3 Å². The molecule has 34 heavy (non-hydrogen) atoms. The molecule has 1 aliphatic heterocycles. The second kappa shape index (κ2) is 8.73. The second-order valence-electron chi connectivity index (χ2n) is 10.7. The van der Waals surface area contributed by atoms with Gasteiger partial charge in [0.25, 0.3) is 0 Å². The number of Topliss-reactive ketones (excluding diaryl/α,β-unsaturated/α-hetero) is 1. The monoisotopic (exact) mass is 461 g/mol. The van der Waals surface area contributed by atoms with E-state index in [0.717, 1.165) is 67.6 Å². The van der Waals surface area contributed by atoms with Gasteiger partial charge in [0.2, 0.25) is 5.91 Å².